The Labute approximate surface area is 59.1 Å². The first-order valence-corrected chi connectivity index (χ1v) is 4.10. The van der Waals surface area contributed by atoms with Crippen molar-refractivity contribution in [2.75, 3.05) is 21.2 Å². The summed E-state index contributed by atoms with van der Waals surface area (Å²) in [4.78, 5) is 20.4. The fraction of sp³-hybridized carbons (Fsp3) is 0.750. The second kappa shape index (κ2) is 3.14. The normalized spacial score (nSPS) is 16.0. The Morgan fingerprint density at radius 1 is 1.60 bits per heavy atom. The van der Waals surface area contributed by atoms with Crippen molar-refractivity contribution in [2.45, 2.75) is 0 Å². The van der Waals surface area contributed by atoms with Crippen LogP contribution in [0.4, 0.5) is 4.79 Å². The lowest BCUT2D eigenvalue weighted by Gasteiger charge is -2.12. The highest BCUT2D eigenvalue weighted by Crippen LogP contribution is 2.42. The van der Waals surface area contributed by atoms with E-state index in [1.165, 1.54) is 14.1 Å². The summed E-state index contributed by atoms with van der Waals surface area (Å²) < 4.78 is 14.7. The van der Waals surface area contributed by atoms with E-state index in [0.717, 1.165) is 12.0 Å². The molecule has 0 aliphatic rings. The molecule has 0 aromatic heterocycles. The van der Waals surface area contributed by atoms with E-state index >= 15 is 0 Å². The molecule has 0 saturated heterocycles. The molecule has 0 fully saturated rings. The Kier molecular flexibility index (Phi) is 3.02. The van der Waals surface area contributed by atoms with Gasteiger partial charge in [-0.2, -0.15) is 0 Å². The van der Waals surface area contributed by atoms with Gasteiger partial charge in [0.1, 0.15) is 0 Å². The Morgan fingerprint density at radius 3 is 2.10 bits per heavy atom. The summed E-state index contributed by atoms with van der Waals surface area (Å²) in [5, 5.41) is 0. The molecule has 1 unspecified atom stereocenters. The van der Waals surface area contributed by atoms with Crippen LogP contribution < -0.4 is 0 Å². The first-order valence-electron chi connectivity index (χ1n) is 2.52. The second-order valence-corrected chi connectivity index (χ2v) is 3.67. The van der Waals surface area contributed by atoms with Gasteiger partial charge in [-0.25, -0.2) is 4.57 Å². The largest absolute Gasteiger partial charge is 0.415 e. The highest BCUT2D eigenvalue weighted by Gasteiger charge is 2.30. The zero-order valence-corrected chi connectivity index (χ0v) is 6.96. The molecule has 0 rings (SSSR count). The molecule has 0 aliphatic carbocycles. The van der Waals surface area contributed by atoms with Gasteiger partial charge in [0.05, 0.1) is 0 Å². The summed E-state index contributed by atoms with van der Waals surface area (Å²) in [5.74, 6) is 0. The third-order valence-corrected chi connectivity index (χ3v) is 2.25. The first kappa shape index (κ1) is 9.62. The number of hydrogen-bond donors (Lipinski definition) is 1. The van der Waals surface area contributed by atoms with Gasteiger partial charge < -0.3 is 14.3 Å². The van der Waals surface area contributed by atoms with E-state index < -0.39 is 13.2 Å². The predicted molar refractivity (Wildman–Crippen MR) is 35.9 cm³/mol. The fourth-order valence-electron chi connectivity index (χ4n) is 0.331. The van der Waals surface area contributed by atoms with Gasteiger partial charge in [-0.3, -0.25) is 4.79 Å². The van der Waals surface area contributed by atoms with Gasteiger partial charge in [0, 0.05) is 21.2 Å². The molecule has 1 amide bonds. The average molecular weight is 167 g/mol. The number of nitrogens with zero attached hydrogens (tertiary/aromatic N) is 1. The van der Waals surface area contributed by atoms with E-state index in [0.29, 0.717) is 0 Å². The number of carbonyl (C=O) groups is 1. The minimum atomic E-state index is -4.03. The monoisotopic (exact) mass is 167 g/mol. The van der Waals surface area contributed by atoms with Gasteiger partial charge in [-0.15, -0.1) is 0 Å². The number of carbonyl (C=O) groups excluding carboxylic acids is 1. The predicted octanol–water partition coefficient (Wildman–Crippen LogP) is 0.500. The van der Waals surface area contributed by atoms with Crippen molar-refractivity contribution >= 4 is 13.2 Å². The number of amides is 1. The zero-order chi connectivity index (χ0) is 8.36. The minimum Gasteiger partial charge on any atom is -0.338 e. The molecule has 6 heteroatoms. The van der Waals surface area contributed by atoms with Crippen LogP contribution in [0.3, 0.4) is 0 Å². The van der Waals surface area contributed by atoms with Gasteiger partial charge >= 0.3 is 13.2 Å². The molecule has 60 valence electrons. The third-order valence-electron chi connectivity index (χ3n) is 0.872. The Bertz CT molecular complexity index is 178. The van der Waals surface area contributed by atoms with Crippen LogP contribution in [0.25, 0.3) is 0 Å². The maximum atomic E-state index is 10.7. The standard InChI is InChI=1S/C4H10NO4P/c1-5(2)4(6)10(7,8)9-3/h1-3H3,(H,7,8). The molecule has 0 radical (unpaired) electrons. The maximum absolute atomic E-state index is 10.7. The van der Waals surface area contributed by atoms with Crippen molar-refractivity contribution < 1.29 is 18.8 Å². The Morgan fingerprint density at radius 2 is 2.00 bits per heavy atom. The van der Waals surface area contributed by atoms with Gasteiger partial charge in [0.15, 0.2) is 0 Å². The highest BCUT2D eigenvalue weighted by atomic mass is 31.2. The summed E-state index contributed by atoms with van der Waals surface area (Å²) in [5.41, 5.74) is -0.907. The summed E-state index contributed by atoms with van der Waals surface area (Å²) in [7, 11) is -0.259. The van der Waals surface area contributed by atoms with Gasteiger partial charge in [-0.1, -0.05) is 0 Å². The van der Waals surface area contributed by atoms with E-state index in [1.807, 2.05) is 0 Å². The van der Waals surface area contributed by atoms with Crippen molar-refractivity contribution in [3.05, 3.63) is 0 Å². The Balaban J connectivity index is 4.35. The molecule has 10 heavy (non-hydrogen) atoms. The summed E-state index contributed by atoms with van der Waals surface area (Å²) in [6, 6.07) is 0. The summed E-state index contributed by atoms with van der Waals surface area (Å²) in [6.45, 7) is 0. The molecule has 0 spiro atoms. The molecule has 0 aliphatic heterocycles. The van der Waals surface area contributed by atoms with Crippen molar-refractivity contribution in [1.82, 2.24) is 4.90 Å². The molecule has 1 atom stereocenters. The minimum absolute atomic E-state index is 0.907. The van der Waals surface area contributed by atoms with Crippen LogP contribution in [0, 0.1) is 0 Å². The fourth-order valence-corrected chi connectivity index (χ4v) is 0.993. The van der Waals surface area contributed by atoms with Crippen LogP contribution in [-0.2, 0) is 9.09 Å². The first-order chi connectivity index (χ1) is 4.41. The van der Waals surface area contributed by atoms with E-state index in [4.69, 9.17) is 4.89 Å². The SMILES string of the molecule is COP(=O)(O)C(=O)N(C)C. The van der Waals surface area contributed by atoms with E-state index in [9.17, 15) is 9.36 Å². The van der Waals surface area contributed by atoms with Crippen molar-refractivity contribution in [1.29, 1.82) is 0 Å². The smallest absolute Gasteiger partial charge is 0.338 e. The van der Waals surface area contributed by atoms with Crippen LogP contribution in [0.5, 0.6) is 0 Å². The molecule has 0 saturated carbocycles. The zero-order valence-electron chi connectivity index (χ0n) is 6.07. The van der Waals surface area contributed by atoms with Gasteiger partial charge in [-0.05, 0) is 0 Å². The number of rotatable bonds is 2. The summed E-state index contributed by atoms with van der Waals surface area (Å²) >= 11 is 0. The lowest BCUT2D eigenvalue weighted by molar-refractivity contribution is 0.223. The van der Waals surface area contributed by atoms with Crippen LogP contribution in [-0.4, -0.2) is 36.6 Å². The Hall–Kier alpha value is -0.380. The summed E-state index contributed by atoms with van der Waals surface area (Å²) in [6.07, 6.45) is 0. The lowest BCUT2D eigenvalue weighted by Crippen LogP contribution is -2.20. The van der Waals surface area contributed by atoms with Crippen molar-refractivity contribution in [2.24, 2.45) is 0 Å². The van der Waals surface area contributed by atoms with Crippen LogP contribution >= 0.6 is 7.60 Å². The van der Waals surface area contributed by atoms with Crippen LogP contribution in [0.1, 0.15) is 0 Å². The molecule has 0 bridgehead atoms. The van der Waals surface area contributed by atoms with Crippen molar-refractivity contribution in [3.8, 4) is 0 Å². The molecule has 0 aromatic rings. The number of hydrogen-bond acceptors (Lipinski definition) is 3. The lowest BCUT2D eigenvalue weighted by atomic mass is 11.0. The van der Waals surface area contributed by atoms with E-state index in [1.54, 1.807) is 0 Å². The quantitative estimate of drug-likeness (QED) is 0.608. The van der Waals surface area contributed by atoms with E-state index in [-0.39, 0.29) is 0 Å². The average Bonchev–Trinajstić information content (AvgIpc) is 1.86. The highest BCUT2D eigenvalue weighted by molar-refractivity contribution is 7.70. The maximum Gasteiger partial charge on any atom is 0.415 e. The van der Waals surface area contributed by atoms with Gasteiger partial charge in [0.25, 0.3) is 0 Å². The molecule has 1 N–H and O–H groups in total. The van der Waals surface area contributed by atoms with Crippen molar-refractivity contribution in [3.63, 3.8) is 0 Å². The third kappa shape index (κ3) is 2.10. The molecule has 0 aromatic carbocycles. The van der Waals surface area contributed by atoms with Crippen LogP contribution in [0.15, 0.2) is 0 Å². The second-order valence-electron chi connectivity index (χ2n) is 1.88. The van der Waals surface area contributed by atoms with E-state index in [2.05, 4.69) is 4.52 Å². The molecule has 5 nitrogen and oxygen atoms in total. The topological polar surface area (TPSA) is 66.8 Å². The molecular weight excluding hydrogens is 157 g/mol. The molecule has 0 heterocycles. The van der Waals surface area contributed by atoms with Crippen LogP contribution in [0.2, 0.25) is 0 Å². The molecular formula is C4H10NO4P. The van der Waals surface area contributed by atoms with Gasteiger partial charge in [0.2, 0.25) is 0 Å².